The van der Waals surface area contributed by atoms with E-state index in [0.717, 1.165) is 12.8 Å². The normalized spacial score (nSPS) is 16.2. The van der Waals surface area contributed by atoms with Gasteiger partial charge < -0.3 is 22.1 Å². The maximum Gasteiger partial charge on any atom is 0.271 e. The van der Waals surface area contributed by atoms with E-state index in [1.165, 1.54) is 11.8 Å². The first-order valence-corrected chi connectivity index (χ1v) is 10.4. The number of benzene rings is 1. The van der Waals surface area contributed by atoms with Gasteiger partial charge in [0.2, 0.25) is 0 Å². The summed E-state index contributed by atoms with van der Waals surface area (Å²) in [7, 11) is 0. The van der Waals surface area contributed by atoms with E-state index in [9.17, 15) is 4.79 Å². The number of piperidine rings is 1. The zero-order chi connectivity index (χ0) is 20.5. The molecule has 150 valence electrons. The summed E-state index contributed by atoms with van der Waals surface area (Å²) in [6.45, 7) is 4.19. The molecular formula is C18H22Cl2N6OS. The van der Waals surface area contributed by atoms with Crippen LogP contribution in [-0.4, -0.2) is 35.5 Å². The molecule has 1 aliphatic heterocycles. The van der Waals surface area contributed by atoms with Crippen LogP contribution in [0.15, 0.2) is 28.1 Å². The Balaban J connectivity index is 1.93. The van der Waals surface area contributed by atoms with Crippen molar-refractivity contribution in [2.75, 3.05) is 30.3 Å². The standard InChI is InChI=1S/C18H22Cl2N6OS/c1-18(9-21)5-7-26(8-6-18)16-13(15(23)27)24-17(14(22)25-16)28-11-4-2-3-10(19)12(11)20/h2-4H,5-9,21H2,1H3,(H2,22,25)(H2,23,27). The van der Waals surface area contributed by atoms with Crippen molar-refractivity contribution < 1.29 is 4.79 Å². The molecule has 1 aromatic heterocycles. The summed E-state index contributed by atoms with van der Waals surface area (Å²) in [6.07, 6.45) is 1.77. The number of halogens is 2. The van der Waals surface area contributed by atoms with Crippen LogP contribution in [0.3, 0.4) is 0 Å². The van der Waals surface area contributed by atoms with Crippen LogP contribution in [0.5, 0.6) is 0 Å². The Morgan fingerprint density at radius 1 is 1.29 bits per heavy atom. The Bertz CT molecular complexity index is 902. The summed E-state index contributed by atoms with van der Waals surface area (Å²) >= 11 is 13.5. The van der Waals surface area contributed by atoms with Gasteiger partial charge in [-0.05, 0) is 36.9 Å². The highest BCUT2D eigenvalue weighted by Gasteiger charge is 2.31. The molecule has 0 radical (unpaired) electrons. The van der Waals surface area contributed by atoms with Crippen LogP contribution in [0.1, 0.15) is 30.3 Å². The minimum atomic E-state index is -0.659. The molecule has 2 aromatic rings. The third kappa shape index (κ3) is 4.30. The van der Waals surface area contributed by atoms with Gasteiger partial charge in [0.1, 0.15) is 5.03 Å². The molecule has 0 spiro atoms. The second-order valence-corrected chi connectivity index (χ2v) is 8.92. The first-order valence-electron chi connectivity index (χ1n) is 8.78. The second-order valence-electron chi connectivity index (χ2n) is 7.11. The lowest BCUT2D eigenvalue weighted by atomic mass is 9.80. The summed E-state index contributed by atoms with van der Waals surface area (Å²) in [5.41, 5.74) is 17.8. The molecule has 10 heteroatoms. The summed E-state index contributed by atoms with van der Waals surface area (Å²) < 4.78 is 0. The van der Waals surface area contributed by atoms with Crippen molar-refractivity contribution >= 4 is 52.5 Å². The number of carbonyl (C=O) groups is 1. The van der Waals surface area contributed by atoms with Crippen molar-refractivity contribution in [1.82, 2.24) is 9.97 Å². The van der Waals surface area contributed by atoms with E-state index >= 15 is 0 Å². The quantitative estimate of drug-likeness (QED) is 0.651. The van der Waals surface area contributed by atoms with Crippen LogP contribution >= 0.6 is 35.0 Å². The van der Waals surface area contributed by atoms with Gasteiger partial charge >= 0.3 is 0 Å². The van der Waals surface area contributed by atoms with Gasteiger partial charge in [-0.15, -0.1) is 0 Å². The van der Waals surface area contributed by atoms with E-state index < -0.39 is 5.91 Å². The maximum atomic E-state index is 12.1. The first kappa shape index (κ1) is 21.0. The van der Waals surface area contributed by atoms with Crippen LogP contribution in [0.2, 0.25) is 10.0 Å². The van der Waals surface area contributed by atoms with E-state index in [0.29, 0.717) is 45.4 Å². The van der Waals surface area contributed by atoms with Crippen LogP contribution in [0.25, 0.3) is 0 Å². The molecule has 1 aromatic carbocycles. The van der Waals surface area contributed by atoms with Crippen molar-refractivity contribution in [1.29, 1.82) is 0 Å². The van der Waals surface area contributed by atoms with Gasteiger partial charge in [0, 0.05) is 18.0 Å². The smallest absolute Gasteiger partial charge is 0.271 e. The molecule has 1 saturated heterocycles. The van der Waals surface area contributed by atoms with Gasteiger partial charge in [-0.25, -0.2) is 9.97 Å². The number of aromatic nitrogens is 2. The minimum absolute atomic E-state index is 0.0848. The number of rotatable bonds is 5. The van der Waals surface area contributed by atoms with Crippen LogP contribution in [0.4, 0.5) is 11.6 Å². The summed E-state index contributed by atoms with van der Waals surface area (Å²) in [5, 5.41) is 1.16. The molecule has 0 unspecified atom stereocenters. The lowest BCUT2D eigenvalue weighted by Crippen LogP contribution is -2.43. The van der Waals surface area contributed by atoms with Gasteiger partial charge in [-0.2, -0.15) is 0 Å². The van der Waals surface area contributed by atoms with Crippen molar-refractivity contribution in [2.45, 2.75) is 29.7 Å². The van der Waals surface area contributed by atoms with Gasteiger partial charge in [0.25, 0.3) is 5.91 Å². The molecule has 7 nitrogen and oxygen atoms in total. The summed E-state index contributed by atoms with van der Waals surface area (Å²) in [5.74, 6) is -0.0486. The second kappa shape index (κ2) is 8.32. The van der Waals surface area contributed by atoms with Gasteiger partial charge in [-0.1, -0.05) is 48.0 Å². The van der Waals surface area contributed by atoms with E-state index in [2.05, 4.69) is 16.9 Å². The van der Waals surface area contributed by atoms with Gasteiger partial charge in [0.15, 0.2) is 17.3 Å². The largest absolute Gasteiger partial charge is 0.381 e. The maximum absolute atomic E-state index is 12.1. The Morgan fingerprint density at radius 3 is 2.57 bits per heavy atom. The highest BCUT2D eigenvalue weighted by molar-refractivity contribution is 7.99. The van der Waals surface area contributed by atoms with E-state index in [1.807, 2.05) is 4.90 Å². The third-order valence-corrected chi connectivity index (χ3v) is 6.97. The number of hydrogen-bond donors (Lipinski definition) is 3. The molecule has 0 atom stereocenters. The third-order valence-electron chi connectivity index (χ3n) is 4.99. The molecule has 28 heavy (non-hydrogen) atoms. The lowest BCUT2D eigenvalue weighted by Gasteiger charge is -2.39. The SMILES string of the molecule is CC1(CN)CCN(c2nc(N)c(Sc3cccc(Cl)c3Cl)nc2C(N)=O)CC1. The van der Waals surface area contributed by atoms with Crippen LogP contribution in [0, 0.1) is 5.41 Å². The van der Waals surface area contributed by atoms with E-state index in [-0.39, 0.29) is 16.9 Å². The highest BCUT2D eigenvalue weighted by atomic mass is 35.5. The molecule has 0 saturated carbocycles. The number of nitrogens with zero attached hydrogens (tertiary/aromatic N) is 3. The first-order chi connectivity index (χ1) is 13.2. The van der Waals surface area contributed by atoms with E-state index in [4.69, 9.17) is 40.4 Å². The number of anilines is 2. The number of nitrogen functional groups attached to an aromatic ring is 1. The van der Waals surface area contributed by atoms with E-state index in [1.54, 1.807) is 18.2 Å². The molecule has 1 fully saturated rings. The predicted octanol–water partition coefficient (Wildman–Crippen LogP) is 3.18. The number of hydrogen-bond acceptors (Lipinski definition) is 7. The number of primary amides is 1. The van der Waals surface area contributed by atoms with Crippen molar-refractivity contribution in [3.05, 3.63) is 33.9 Å². The van der Waals surface area contributed by atoms with Gasteiger partial charge in [-0.3, -0.25) is 4.79 Å². The molecular weight excluding hydrogens is 419 g/mol. The summed E-state index contributed by atoms with van der Waals surface area (Å²) in [6, 6.07) is 5.24. The Morgan fingerprint density at radius 2 is 1.96 bits per heavy atom. The topological polar surface area (TPSA) is 124 Å². The Kier molecular flexibility index (Phi) is 6.24. The number of carbonyl (C=O) groups excluding carboxylic acids is 1. The van der Waals surface area contributed by atoms with Crippen molar-refractivity contribution in [2.24, 2.45) is 16.9 Å². The zero-order valence-corrected chi connectivity index (χ0v) is 17.7. The molecule has 0 aliphatic carbocycles. The fourth-order valence-electron chi connectivity index (χ4n) is 3.01. The number of nitrogens with two attached hydrogens (primary N) is 3. The average Bonchev–Trinajstić information content (AvgIpc) is 2.67. The molecule has 3 rings (SSSR count). The van der Waals surface area contributed by atoms with Crippen molar-refractivity contribution in [3.63, 3.8) is 0 Å². The Labute approximate surface area is 178 Å². The summed E-state index contributed by atoms with van der Waals surface area (Å²) in [4.78, 5) is 23.6. The Hall–Kier alpha value is -1.74. The molecule has 0 bridgehead atoms. The fourth-order valence-corrected chi connectivity index (χ4v) is 4.33. The van der Waals surface area contributed by atoms with Crippen LogP contribution in [-0.2, 0) is 0 Å². The zero-order valence-electron chi connectivity index (χ0n) is 15.4. The average molecular weight is 441 g/mol. The van der Waals surface area contributed by atoms with Crippen molar-refractivity contribution in [3.8, 4) is 0 Å². The fraction of sp³-hybridized carbons (Fsp3) is 0.389. The lowest BCUT2D eigenvalue weighted by molar-refractivity contribution is 0.0995. The predicted molar refractivity (Wildman–Crippen MR) is 114 cm³/mol. The molecule has 2 heterocycles. The van der Waals surface area contributed by atoms with Gasteiger partial charge in [0.05, 0.1) is 10.0 Å². The van der Waals surface area contributed by atoms with Crippen LogP contribution < -0.4 is 22.1 Å². The molecule has 1 amide bonds. The minimum Gasteiger partial charge on any atom is -0.381 e. The molecule has 6 N–H and O–H groups in total. The highest BCUT2D eigenvalue weighted by Crippen LogP contribution is 2.39. The molecule has 1 aliphatic rings. The number of amides is 1. The monoisotopic (exact) mass is 440 g/mol.